The quantitative estimate of drug-likeness (QED) is 0.881. The summed E-state index contributed by atoms with van der Waals surface area (Å²) in [7, 11) is 0. The minimum atomic E-state index is -0.441. The average molecular weight is 295 g/mol. The summed E-state index contributed by atoms with van der Waals surface area (Å²) in [5.41, 5.74) is 1.84. The first-order chi connectivity index (χ1) is 9.52. The molecule has 0 fully saturated rings. The summed E-state index contributed by atoms with van der Waals surface area (Å²) in [6.07, 6.45) is 0. The van der Waals surface area contributed by atoms with E-state index in [0.717, 1.165) is 5.56 Å². The fraction of sp³-hybridized carbons (Fsp3) is 0.286. The van der Waals surface area contributed by atoms with Gasteiger partial charge in [0.2, 0.25) is 0 Å². The summed E-state index contributed by atoms with van der Waals surface area (Å²) < 4.78 is 6.26. The molecule has 0 amide bonds. The molecular weight excluding hydrogens is 280 g/mol. The zero-order valence-corrected chi connectivity index (χ0v) is 12.0. The lowest BCUT2D eigenvalue weighted by Crippen LogP contribution is -2.23. The first kappa shape index (κ1) is 14.4. The highest BCUT2D eigenvalue weighted by Gasteiger charge is 2.16. The summed E-state index contributed by atoms with van der Waals surface area (Å²) in [6, 6.07) is 7.09. The molecule has 0 unspecified atom stereocenters. The Morgan fingerprint density at radius 1 is 1.35 bits per heavy atom. The number of rotatable bonds is 4. The van der Waals surface area contributed by atoms with Crippen LogP contribution in [0.2, 0.25) is 5.02 Å². The Hall–Kier alpha value is -2.01. The van der Waals surface area contributed by atoms with Crippen molar-refractivity contribution >= 4 is 17.6 Å². The summed E-state index contributed by atoms with van der Waals surface area (Å²) >= 11 is 5.86. The smallest absolute Gasteiger partial charge is 0.326 e. The number of nitrogens with one attached hydrogen (secondary N) is 1. The van der Waals surface area contributed by atoms with Gasteiger partial charge in [-0.2, -0.15) is 0 Å². The second-order valence-electron chi connectivity index (χ2n) is 4.30. The number of ether oxygens (including phenoxy) is 1. The van der Waals surface area contributed by atoms with Crippen molar-refractivity contribution in [3.05, 3.63) is 45.5 Å². The molecule has 0 atom stereocenters. The maximum Gasteiger partial charge on any atom is 0.326 e. The van der Waals surface area contributed by atoms with E-state index in [-0.39, 0.29) is 18.8 Å². The molecule has 20 heavy (non-hydrogen) atoms. The van der Waals surface area contributed by atoms with Gasteiger partial charge in [-0.1, -0.05) is 23.7 Å². The van der Waals surface area contributed by atoms with Crippen molar-refractivity contribution in [2.75, 3.05) is 6.61 Å². The van der Waals surface area contributed by atoms with E-state index < -0.39 is 5.97 Å². The van der Waals surface area contributed by atoms with E-state index in [1.807, 2.05) is 0 Å². The Bertz CT molecular complexity index is 671. The molecule has 0 saturated heterocycles. The molecule has 6 heteroatoms. The van der Waals surface area contributed by atoms with Crippen LogP contribution in [0.4, 0.5) is 0 Å². The summed E-state index contributed by atoms with van der Waals surface area (Å²) in [5, 5.41) is 0.612. The van der Waals surface area contributed by atoms with Gasteiger partial charge in [0.15, 0.2) is 0 Å². The summed E-state index contributed by atoms with van der Waals surface area (Å²) in [4.78, 5) is 26.2. The minimum absolute atomic E-state index is 0.116. The molecular formula is C14H15ClN2O3. The number of hydrogen-bond donors (Lipinski definition) is 1. The number of esters is 1. The molecule has 1 N–H and O–H groups in total. The predicted octanol–water partition coefficient (Wildman–Crippen LogP) is 2.37. The monoisotopic (exact) mass is 294 g/mol. The van der Waals surface area contributed by atoms with E-state index in [4.69, 9.17) is 16.3 Å². The van der Waals surface area contributed by atoms with Crippen LogP contribution in [-0.4, -0.2) is 22.1 Å². The van der Waals surface area contributed by atoms with Crippen LogP contribution >= 0.6 is 11.6 Å². The van der Waals surface area contributed by atoms with Gasteiger partial charge in [0, 0.05) is 16.3 Å². The SMILES string of the molecule is CCOC(=O)Cn1c(-c2ccc(Cl)cc2)c(C)[nH]c1=O. The van der Waals surface area contributed by atoms with Crippen molar-refractivity contribution in [1.82, 2.24) is 9.55 Å². The number of halogens is 1. The first-order valence-electron chi connectivity index (χ1n) is 6.24. The fourth-order valence-corrected chi connectivity index (χ4v) is 2.18. The van der Waals surface area contributed by atoms with Crippen molar-refractivity contribution in [3.8, 4) is 11.3 Å². The zero-order valence-electron chi connectivity index (χ0n) is 11.3. The number of aromatic amines is 1. The van der Waals surface area contributed by atoms with Gasteiger partial charge < -0.3 is 9.72 Å². The standard InChI is InChI=1S/C14H15ClN2O3/c1-3-20-12(18)8-17-13(9(2)16-14(17)19)10-4-6-11(15)7-5-10/h4-7H,3,8H2,1-2H3,(H,16,19). The van der Waals surface area contributed by atoms with Gasteiger partial charge in [-0.15, -0.1) is 0 Å². The lowest BCUT2D eigenvalue weighted by molar-refractivity contribution is -0.143. The van der Waals surface area contributed by atoms with Gasteiger partial charge >= 0.3 is 11.7 Å². The number of aryl methyl sites for hydroxylation is 1. The topological polar surface area (TPSA) is 64.1 Å². The Morgan fingerprint density at radius 3 is 2.60 bits per heavy atom. The molecule has 2 aromatic rings. The van der Waals surface area contributed by atoms with Gasteiger partial charge in [0.05, 0.1) is 12.3 Å². The van der Waals surface area contributed by atoms with Gasteiger partial charge in [-0.3, -0.25) is 9.36 Å². The molecule has 0 aliphatic rings. The molecule has 5 nitrogen and oxygen atoms in total. The highest BCUT2D eigenvalue weighted by molar-refractivity contribution is 6.30. The third kappa shape index (κ3) is 2.93. The van der Waals surface area contributed by atoms with Crippen LogP contribution in [0, 0.1) is 6.92 Å². The molecule has 0 bridgehead atoms. The molecule has 1 heterocycles. The molecule has 1 aromatic heterocycles. The molecule has 1 aromatic carbocycles. The van der Waals surface area contributed by atoms with Crippen LogP contribution in [0.1, 0.15) is 12.6 Å². The van der Waals surface area contributed by atoms with Gasteiger partial charge in [0.1, 0.15) is 6.54 Å². The lowest BCUT2D eigenvalue weighted by Gasteiger charge is -2.08. The number of aromatic nitrogens is 2. The van der Waals surface area contributed by atoms with Crippen LogP contribution in [0.5, 0.6) is 0 Å². The molecule has 0 radical (unpaired) electrons. The normalized spacial score (nSPS) is 10.6. The van der Waals surface area contributed by atoms with E-state index in [2.05, 4.69) is 4.98 Å². The number of carbonyl (C=O) groups excluding carboxylic acids is 1. The lowest BCUT2D eigenvalue weighted by atomic mass is 10.1. The van der Waals surface area contributed by atoms with Crippen LogP contribution in [0.25, 0.3) is 11.3 Å². The molecule has 106 valence electrons. The number of hydrogen-bond acceptors (Lipinski definition) is 3. The van der Waals surface area contributed by atoms with Crippen LogP contribution < -0.4 is 5.69 Å². The van der Waals surface area contributed by atoms with Gasteiger partial charge in [-0.05, 0) is 26.0 Å². The second kappa shape index (κ2) is 5.96. The molecule has 0 spiro atoms. The third-order valence-corrected chi connectivity index (χ3v) is 3.13. The second-order valence-corrected chi connectivity index (χ2v) is 4.74. The highest BCUT2D eigenvalue weighted by atomic mass is 35.5. The van der Waals surface area contributed by atoms with E-state index in [1.54, 1.807) is 38.1 Å². The number of carbonyl (C=O) groups is 1. The molecule has 0 saturated carbocycles. The Labute approximate surface area is 121 Å². The highest BCUT2D eigenvalue weighted by Crippen LogP contribution is 2.23. The molecule has 0 aliphatic heterocycles. The maximum absolute atomic E-state index is 11.9. The Balaban J connectivity index is 2.45. The average Bonchev–Trinajstić information content (AvgIpc) is 2.66. The van der Waals surface area contributed by atoms with E-state index in [1.165, 1.54) is 4.57 Å². The van der Waals surface area contributed by atoms with Gasteiger partial charge in [-0.25, -0.2) is 4.79 Å². The van der Waals surface area contributed by atoms with Crippen molar-refractivity contribution in [2.24, 2.45) is 0 Å². The summed E-state index contributed by atoms with van der Waals surface area (Å²) in [6.45, 7) is 3.68. The number of benzene rings is 1. The fourth-order valence-electron chi connectivity index (χ4n) is 2.06. The van der Waals surface area contributed by atoms with Crippen LogP contribution in [0.15, 0.2) is 29.1 Å². The zero-order chi connectivity index (χ0) is 14.7. The molecule has 2 rings (SSSR count). The Morgan fingerprint density at radius 2 is 2.00 bits per heavy atom. The predicted molar refractivity (Wildman–Crippen MR) is 76.9 cm³/mol. The largest absolute Gasteiger partial charge is 0.465 e. The number of H-pyrrole nitrogens is 1. The number of imidazole rings is 1. The van der Waals surface area contributed by atoms with E-state index in [0.29, 0.717) is 16.4 Å². The van der Waals surface area contributed by atoms with Crippen LogP contribution in [-0.2, 0) is 16.1 Å². The first-order valence-corrected chi connectivity index (χ1v) is 6.61. The van der Waals surface area contributed by atoms with Crippen molar-refractivity contribution in [3.63, 3.8) is 0 Å². The van der Waals surface area contributed by atoms with Crippen molar-refractivity contribution < 1.29 is 9.53 Å². The minimum Gasteiger partial charge on any atom is -0.465 e. The van der Waals surface area contributed by atoms with Crippen LogP contribution in [0.3, 0.4) is 0 Å². The van der Waals surface area contributed by atoms with E-state index in [9.17, 15) is 9.59 Å². The van der Waals surface area contributed by atoms with Crippen molar-refractivity contribution in [1.29, 1.82) is 0 Å². The van der Waals surface area contributed by atoms with Crippen molar-refractivity contribution in [2.45, 2.75) is 20.4 Å². The number of nitrogens with zero attached hydrogens (tertiary/aromatic N) is 1. The van der Waals surface area contributed by atoms with Gasteiger partial charge in [0.25, 0.3) is 0 Å². The molecule has 0 aliphatic carbocycles. The maximum atomic E-state index is 11.9. The third-order valence-electron chi connectivity index (χ3n) is 2.87. The van der Waals surface area contributed by atoms with E-state index >= 15 is 0 Å². The summed E-state index contributed by atoms with van der Waals surface area (Å²) in [5.74, 6) is -0.441. The Kier molecular flexibility index (Phi) is 4.29.